The maximum Gasteiger partial charge on any atom is 0.407 e. The van der Waals surface area contributed by atoms with Gasteiger partial charge in [-0.15, -0.1) is 0 Å². The predicted octanol–water partition coefficient (Wildman–Crippen LogP) is 2.11. The molecule has 4 N–H and O–H groups in total. The van der Waals surface area contributed by atoms with Crippen molar-refractivity contribution in [3.8, 4) is 11.1 Å². The third kappa shape index (κ3) is 4.60. The number of aliphatic hydroxyl groups excluding tert-OH is 1. The Morgan fingerprint density at radius 1 is 1.03 bits per heavy atom. The molecular formula is C24H26N2O6. The Hall–Kier alpha value is -3.39. The van der Waals surface area contributed by atoms with Crippen molar-refractivity contribution in [2.45, 2.75) is 24.8 Å². The molecule has 2 aromatic rings. The Morgan fingerprint density at radius 3 is 2.25 bits per heavy atom. The third-order valence-electron chi connectivity index (χ3n) is 6.14. The van der Waals surface area contributed by atoms with Crippen molar-refractivity contribution in [1.29, 1.82) is 0 Å². The molecule has 0 radical (unpaired) electrons. The summed E-state index contributed by atoms with van der Waals surface area (Å²) in [5.74, 6) is -1.97. The zero-order valence-corrected chi connectivity index (χ0v) is 17.5. The molecule has 2 amide bonds. The normalized spacial score (nSPS) is 19.4. The van der Waals surface area contributed by atoms with E-state index in [-0.39, 0.29) is 49.8 Å². The zero-order chi connectivity index (χ0) is 22.7. The summed E-state index contributed by atoms with van der Waals surface area (Å²) >= 11 is 0. The Kier molecular flexibility index (Phi) is 6.41. The molecule has 168 valence electrons. The quantitative estimate of drug-likeness (QED) is 0.475. The highest BCUT2D eigenvalue weighted by Gasteiger charge is 2.44. The van der Waals surface area contributed by atoms with Gasteiger partial charge in [0.25, 0.3) is 0 Å². The van der Waals surface area contributed by atoms with E-state index in [1.165, 1.54) is 0 Å². The lowest BCUT2D eigenvalue weighted by Gasteiger charge is -2.15. The summed E-state index contributed by atoms with van der Waals surface area (Å²) in [6.45, 7) is 0.178. The van der Waals surface area contributed by atoms with Crippen LogP contribution in [0.15, 0.2) is 48.5 Å². The van der Waals surface area contributed by atoms with Crippen LogP contribution < -0.4 is 10.6 Å². The summed E-state index contributed by atoms with van der Waals surface area (Å²) < 4.78 is 5.49. The van der Waals surface area contributed by atoms with Gasteiger partial charge in [-0.2, -0.15) is 0 Å². The molecule has 4 rings (SSSR count). The Balaban J connectivity index is 1.25. The van der Waals surface area contributed by atoms with Gasteiger partial charge >= 0.3 is 12.1 Å². The predicted molar refractivity (Wildman–Crippen MR) is 116 cm³/mol. The van der Waals surface area contributed by atoms with E-state index in [0.717, 1.165) is 22.3 Å². The van der Waals surface area contributed by atoms with Gasteiger partial charge in [0, 0.05) is 31.4 Å². The van der Waals surface area contributed by atoms with Crippen molar-refractivity contribution in [3.05, 3.63) is 59.7 Å². The van der Waals surface area contributed by atoms with Gasteiger partial charge in [-0.05, 0) is 34.6 Å². The lowest BCUT2D eigenvalue weighted by molar-refractivity contribution is -0.142. The molecule has 8 heteroatoms. The first-order valence-electron chi connectivity index (χ1n) is 10.7. The second-order valence-electron chi connectivity index (χ2n) is 8.22. The molecular weight excluding hydrogens is 412 g/mol. The standard InChI is InChI=1S/C24H26N2O6/c27-10-9-21(23(29)30)26-22(28)19-11-14(19)12-25-24(31)32-13-20-17-7-3-1-5-15(17)16-6-2-4-8-18(16)20/h1-8,14,19-21,27H,9-13H2,(H,25,31)(H,26,28)(H,29,30)/t14-,19-,21+/m0/s1. The van der Waals surface area contributed by atoms with E-state index in [0.29, 0.717) is 6.42 Å². The highest BCUT2D eigenvalue weighted by Crippen LogP contribution is 2.44. The number of aliphatic hydroxyl groups is 1. The third-order valence-corrected chi connectivity index (χ3v) is 6.14. The SMILES string of the molecule is O=C(NC[C@@H]1C[C@@H]1C(=O)N[C@H](CCO)C(=O)O)OCC1c2ccccc2-c2ccccc21. The molecule has 0 aliphatic heterocycles. The van der Waals surface area contributed by atoms with Crippen LogP contribution in [0.5, 0.6) is 0 Å². The number of benzene rings is 2. The van der Waals surface area contributed by atoms with Crippen LogP contribution in [0.25, 0.3) is 11.1 Å². The fraction of sp³-hybridized carbons (Fsp3) is 0.375. The van der Waals surface area contributed by atoms with Crippen molar-refractivity contribution in [2.24, 2.45) is 11.8 Å². The molecule has 0 spiro atoms. The van der Waals surface area contributed by atoms with E-state index >= 15 is 0 Å². The molecule has 0 heterocycles. The van der Waals surface area contributed by atoms with Crippen molar-refractivity contribution < 1.29 is 29.3 Å². The highest BCUT2D eigenvalue weighted by atomic mass is 16.5. The summed E-state index contributed by atoms with van der Waals surface area (Å²) in [7, 11) is 0. The van der Waals surface area contributed by atoms with Crippen LogP contribution >= 0.6 is 0 Å². The minimum atomic E-state index is -1.18. The number of carboxylic acid groups (broad SMARTS) is 1. The lowest BCUT2D eigenvalue weighted by Crippen LogP contribution is -2.42. The van der Waals surface area contributed by atoms with E-state index in [1.54, 1.807) is 0 Å². The van der Waals surface area contributed by atoms with Crippen LogP contribution in [0.3, 0.4) is 0 Å². The number of carbonyl (C=O) groups is 3. The molecule has 0 saturated heterocycles. The van der Waals surface area contributed by atoms with Crippen LogP contribution in [-0.2, 0) is 14.3 Å². The highest BCUT2D eigenvalue weighted by molar-refractivity contribution is 5.86. The smallest absolute Gasteiger partial charge is 0.407 e. The van der Waals surface area contributed by atoms with Gasteiger partial charge in [0.05, 0.1) is 0 Å². The van der Waals surface area contributed by atoms with E-state index < -0.39 is 18.1 Å². The fourth-order valence-corrected chi connectivity index (χ4v) is 4.32. The van der Waals surface area contributed by atoms with Crippen molar-refractivity contribution >= 4 is 18.0 Å². The molecule has 1 fully saturated rings. The van der Waals surface area contributed by atoms with E-state index in [2.05, 4.69) is 34.9 Å². The summed E-state index contributed by atoms with van der Waals surface area (Å²) in [6, 6.07) is 15.1. The Labute approximate surface area is 185 Å². The Bertz CT molecular complexity index is 978. The van der Waals surface area contributed by atoms with Gasteiger partial charge in [-0.1, -0.05) is 48.5 Å². The molecule has 2 aliphatic carbocycles. The number of nitrogens with one attached hydrogen (secondary N) is 2. The lowest BCUT2D eigenvalue weighted by atomic mass is 9.98. The molecule has 3 atom stereocenters. The molecule has 8 nitrogen and oxygen atoms in total. The van der Waals surface area contributed by atoms with Gasteiger partial charge in [-0.25, -0.2) is 9.59 Å². The van der Waals surface area contributed by atoms with E-state index in [1.807, 2.05) is 24.3 Å². The monoisotopic (exact) mass is 438 g/mol. The average molecular weight is 438 g/mol. The van der Waals surface area contributed by atoms with Crippen LogP contribution in [0.1, 0.15) is 29.9 Å². The maximum absolute atomic E-state index is 12.2. The summed E-state index contributed by atoms with van der Waals surface area (Å²) in [4.78, 5) is 35.5. The first-order valence-corrected chi connectivity index (χ1v) is 10.7. The first kappa shape index (κ1) is 21.8. The molecule has 1 saturated carbocycles. The molecule has 32 heavy (non-hydrogen) atoms. The van der Waals surface area contributed by atoms with Gasteiger partial charge in [0.1, 0.15) is 12.6 Å². The summed E-state index contributed by atoms with van der Waals surface area (Å²) in [6.07, 6.45) is -0.0150. The minimum absolute atomic E-state index is 0.0212. The zero-order valence-electron chi connectivity index (χ0n) is 17.5. The number of hydrogen-bond acceptors (Lipinski definition) is 5. The van der Waals surface area contributed by atoms with Crippen LogP contribution in [0, 0.1) is 11.8 Å². The number of carbonyl (C=O) groups excluding carboxylic acids is 2. The summed E-state index contributed by atoms with van der Waals surface area (Å²) in [5, 5.41) is 23.1. The number of hydrogen-bond donors (Lipinski definition) is 4. The molecule has 0 aromatic heterocycles. The van der Waals surface area contributed by atoms with Crippen LogP contribution in [-0.4, -0.2) is 54.0 Å². The fourth-order valence-electron chi connectivity index (χ4n) is 4.32. The number of rotatable bonds is 9. The van der Waals surface area contributed by atoms with Crippen molar-refractivity contribution in [3.63, 3.8) is 0 Å². The molecule has 2 aromatic carbocycles. The van der Waals surface area contributed by atoms with Gasteiger partial charge in [-0.3, -0.25) is 4.79 Å². The number of ether oxygens (including phenoxy) is 1. The number of fused-ring (bicyclic) bond motifs is 3. The summed E-state index contributed by atoms with van der Waals surface area (Å²) in [5.41, 5.74) is 4.59. The van der Waals surface area contributed by atoms with Crippen LogP contribution in [0.4, 0.5) is 4.79 Å². The second-order valence-corrected chi connectivity index (χ2v) is 8.22. The van der Waals surface area contributed by atoms with Crippen molar-refractivity contribution in [2.75, 3.05) is 19.8 Å². The first-order chi connectivity index (χ1) is 15.5. The van der Waals surface area contributed by atoms with Gasteiger partial charge < -0.3 is 25.6 Å². The van der Waals surface area contributed by atoms with Crippen molar-refractivity contribution in [1.82, 2.24) is 10.6 Å². The van der Waals surface area contributed by atoms with E-state index in [4.69, 9.17) is 14.9 Å². The molecule has 0 unspecified atom stereocenters. The average Bonchev–Trinajstić information content (AvgIpc) is 3.51. The Morgan fingerprint density at radius 2 is 1.66 bits per heavy atom. The number of carboxylic acids is 1. The largest absolute Gasteiger partial charge is 0.480 e. The van der Waals surface area contributed by atoms with Gasteiger partial charge in [0.2, 0.25) is 5.91 Å². The van der Waals surface area contributed by atoms with E-state index in [9.17, 15) is 14.4 Å². The van der Waals surface area contributed by atoms with Crippen LogP contribution in [0.2, 0.25) is 0 Å². The number of aliphatic carboxylic acids is 1. The maximum atomic E-state index is 12.2. The molecule has 2 aliphatic rings. The second kappa shape index (κ2) is 9.40. The minimum Gasteiger partial charge on any atom is -0.480 e. The molecule has 0 bridgehead atoms. The topological polar surface area (TPSA) is 125 Å². The van der Waals surface area contributed by atoms with Gasteiger partial charge in [0.15, 0.2) is 0 Å². The number of amides is 2. The number of alkyl carbamates (subject to hydrolysis) is 1.